The average molecular weight is 138 g/mol. The van der Waals surface area contributed by atoms with Crippen LogP contribution in [-0.2, 0) is 11.3 Å². The van der Waals surface area contributed by atoms with E-state index in [2.05, 4.69) is 4.98 Å². The first-order chi connectivity index (χ1) is 4.83. The van der Waals surface area contributed by atoms with Crippen LogP contribution in [0.5, 0.6) is 0 Å². The zero-order valence-electron chi connectivity index (χ0n) is 5.87. The second kappa shape index (κ2) is 3.17. The van der Waals surface area contributed by atoms with Crippen LogP contribution in [0.15, 0.2) is 18.5 Å². The second-order valence-corrected chi connectivity index (χ2v) is 2.06. The van der Waals surface area contributed by atoms with Crippen molar-refractivity contribution >= 4 is 5.69 Å². The Kier molecular flexibility index (Phi) is 2.23. The van der Waals surface area contributed by atoms with Gasteiger partial charge in [0.05, 0.1) is 12.3 Å². The molecule has 0 aliphatic carbocycles. The molecule has 1 heterocycles. The van der Waals surface area contributed by atoms with Gasteiger partial charge in [0.2, 0.25) is 0 Å². The maximum absolute atomic E-state index is 5.47. The summed E-state index contributed by atoms with van der Waals surface area (Å²) < 4.78 is 4.89. The highest BCUT2D eigenvalue weighted by Gasteiger charge is 1.90. The van der Waals surface area contributed by atoms with Crippen LogP contribution in [0.4, 0.5) is 5.69 Å². The Morgan fingerprint density at radius 1 is 1.60 bits per heavy atom. The molecule has 1 rings (SSSR count). The van der Waals surface area contributed by atoms with E-state index in [0.29, 0.717) is 12.3 Å². The molecule has 0 aliphatic rings. The van der Waals surface area contributed by atoms with Gasteiger partial charge in [0.1, 0.15) is 0 Å². The lowest BCUT2D eigenvalue weighted by Crippen LogP contribution is -1.91. The SMILES string of the molecule is COCc1cncc(N)c1. The number of hydrogen-bond donors (Lipinski definition) is 1. The lowest BCUT2D eigenvalue weighted by atomic mass is 10.3. The normalized spacial score (nSPS) is 9.70. The van der Waals surface area contributed by atoms with E-state index >= 15 is 0 Å². The van der Waals surface area contributed by atoms with Crippen LogP contribution < -0.4 is 5.73 Å². The maximum Gasteiger partial charge on any atom is 0.0728 e. The Balaban J connectivity index is 2.75. The van der Waals surface area contributed by atoms with Crippen LogP contribution in [0.3, 0.4) is 0 Å². The third-order valence-electron chi connectivity index (χ3n) is 1.13. The molecule has 0 bridgehead atoms. The molecule has 3 heteroatoms. The topological polar surface area (TPSA) is 48.1 Å². The van der Waals surface area contributed by atoms with Gasteiger partial charge in [0, 0.05) is 19.5 Å². The summed E-state index contributed by atoms with van der Waals surface area (Å²) in [6.07, 6.45) is 3.35. The summed E-state index contributed by atoms with van der Waals surface area (Å²) in [7, 11) is 1.64. The molecule has 1 aromatic heterocycles. The van der Waals surface area contributed by atoms with Crippen molar-refractivity contribution in [2.75, 3.05) is 12.8 Å². The summed E-state index contributed by atoms with van der Waals surface area (Å²) in [5.74, 6) is 0. The first-order valence-corrected chi connectivity index (χ1v) is 3.01. The van der Waals surface area contributed by atoms with E-state index in [0.717, 1.165) is 5.56 Å². The second-order valence-electron chi connectivity index (χ2n) is 2.06. The Bertz CT molecular complexity index is 213. The van der Waals surface area contributed by atoms with E-state index in [4.69, 9.17) is 10.5 Å². The Hall–Kier alpha value is -1.09. The standard InChI is InChI=1S/C7H10N2O/c1-10-5-6-2-7(8)4-9-3-6/h2-4H,5,8H2,1H3. The molecule has 0 radical (unpaired) electrons. The molecule has 1 aromatic rings. The molecule has 0 spiro atoms. The molecule has 0 saturated carbocycles. The zero-order valence-corrected chi connectivity index (χ0v) is 5.87. The third kappa shape index (κ3) is 1.70. The Morgan fingerprint density at radius 2 is 2.40 bits per heavy atom. The number of pyridine rings is 1. The fraction of sp³-hybridized carbons (Fsp3) is 0.286. The minimum atomic E-state index is 0.567. The predicted molar refractivity (Wildman–Crippen MR) is 39.4 cm³/mol. The van der Waals surface area contributed by atoms with E-state index in [1.807, 2.05) is 6.07 Å². The van der Waals surface area contributed by atoms with Crippen molar-refractivity contribution in [1.82, 2.24) is 4.98 Å². The van der Waals surface area contributed by atoms with E-state index in [-0.39, 0.29) is 0 Å². The minimum Gasteiger partial charge on any atom is -0.397 e. The molecule has 0 amide bonds. The van der Waals surface area contributed by atoms with Gasteiger partial charge in [-0.3, -0.25) is 4.98 Å². The molecule has 0 unspecified atom stereocenters. The molecule has 0 fully saturated rings. The fourth-order valence-electron chi connectivity index (χ4n) is 0.753. The lowest BCUT2D eigenvalue weighted by Gasteiger charge is -1.98. The van der Waals surface area contributed by atoms with Gasteiger partial charge in [-0.2, -0.15) is 0 Å². The maximum atomic E-state index is 5.47. The van der Waals surface area contributed by atoms with Crippen molar-refractivity contribution < 1.29 is 4.74 Å². The molecule has 10 heavy (non-hydrogen) atoms. The highest BCUT2D eigenvalue weighted by molar-refractivity contribution is 5.36. The fourth-order valence-corrected chi connectivity index (χ4v) is 0.753. The van der Waals surface area contributed by atoms with Crippen LogP contribution in [0.25, 0.3) is 0 Å². The number of nitrogens with two attached hydrogens (primary N) is 1. The molecule has 0 atom stereocenters. The summed E-state index contributed by atoms with van der Waals surface area (Å²) in [4.78, 5) is 3.90. The van der Waals surface area contributed by atoms with Crippen molar-refractivity contribution in [3.63, 3.8) is 0 Å². The monoisotopic (exact) mass is 138 g/mol. The Morgan fingerprint density at radius 3 is 3.00 bits per heavy atom. The highest BCUT2D eigenvalue weighted by Crippen LogP contribution is 2.03. The number of aromatic nitrogens is 1. The van der Waals surface area contributed by atoms with Crippen LogP contribution in [-0.4, -0.2) is 12.1 Å². The minimum absolute atomic E-state index is 0.567. The van der Waals surface area contributed by atoms with Gasteiger partial charge < -0.3 is 10.5 Å². The smallest absolute Gasteiger partial charge is 0.0728 e. The molecular formula is C7H10N2O. The van der Waals surface area contributed by atoms with Gasteiger partial charge in [0.15, 0.2) is 0 Å². The molecule has 0 aliphatic heterocycles. The van der Waals surface area contributed by atoms with Crippen molar-refractivity contribution in [1.29, 1.82) is 0 Å². The molecule has 54 valence electrons. The highest BCUT2D eigenvalue weighted by atomic mass is 16.5. The van der Waals surface area contributed by atoms with E-state index in [9.17, 15) is 0 Å². The molecule has 2 N–H and O–H groups in total. The van der Waals surface area contributed by atoms with Gasteiger partial charge in [0.25, 0.3) is 0 Å². The summed E-state index contributed by atoms with van der Waals surface area (Å²) in [6, 6.07) is 1.84. The molecule has 3 nitrogen and oxygen atoms in total. The number of nitrogen functional groups attached to an aromatic ring is 1. The zero-order chi connectivity index (χ0) is 7.40. The van der Waals surface area contributed by atoms with Gasteiger partial charge in [-0.15, -0.1) is 0 Å². The molecule has 0 saturated heterocycles. The molecule has 0 aromatic carbocycles. The first-order valence-electron chi connectivity index (χ1n) is 3.01. The van der Waals surface area contributed by atoms with Crippen LogP contribution >= 0.6 is 0 Å². The van der Waals surface area contributed by atoms with E-state index in [1.165, 1.54) is 0 Å². The third-order valence-corrected chi connectivity index (χ3v) is 1.13. The summed E-state index contributed by atoms with van der Waals surface area (Å²) in [6.45, 7) is 0.567. The van der Waals surface area contributed by atoms with E-state index in [1.54, 1.807) is 19.5 Å². The number of methoxy groups -OCH3 is 1. The van der Waals surface area contributed by atoms with Crippen molar-refractivity contribution in [3.8, 4) is 0 Å². The number of anilines is 1. The van der Waals surface area contributed by atoms with Gasteiger partial charge in [-0.05, 0) is 11.6 Å². The van der Waals surface area contributed by atoms with Crippen molar-refractivity contribution in [2.45, 2.75) is 6.61 Å². The van der Waals surface area contributed by atoms with Crippen molar-refractivity contribution in [2.24, 2.45) is 0 Å². The summed E-state index contributed by atoms with van der Waals surface area (Å²) >= 11 is 0. The van der Waals surface area contributed by atoms with E-state index < -0.39 is 0 Å². The molecular weight excluding hydrogens is 128 g/mol. The average Bonchev–Trinajstić information content (AvgIpc) is 1.88. The van der Waals surface area contributed by atoms with Crippen LogP contribution in [0.2, 0.25) is 0 Å². The van der Waals surface area contributed by atoms with Gasteiger partial charge in [-0.25, -0.2) is 0 Å². The largest absolute Gasteiger partial charge is 0.397 e. The van der Waals surface area contributed by atoms with Crippen molar-refractivity contribution in [3.05, 3.63) is 24.0 Å². The first kappa shape index (κ1) is 7.02. The predicted octanol–water partition coefficient (Wildman–Crippen LogP) is 0.810. The lowest BCUT2D eigenvalue weighted by molar-refractivity contribution is 0.184. The van der Waals surface area contributed by atoms with Crippen LogP contribution in [0, 0.1) is 0 Å². The quantitative estimate of drug-likeness (QED) is 0.657. The Labute approximate surface area is 59.8 Å². The number of nitrogens with zero attached hydrogens (tertiary/aromatic N) is 1. The number of rotatable bonds is 2. The number of ether oxygens (including phenoxy) is 1. The van der Waals surface area contributed by atoms with Gasteiger partial charge >= 0.3 is 0 Å². The van der Waals surface area contributed by atoms with Gasteiger partial charge in [-0.1, -0.05) is 0 Å². The summed E-state index contributed by atoms with van der Waals surface area (Å²) in [5.41, 5.74) is 7.15. The number of hydrogen-bond acceptors (Lipinski definition) is 3. The van der Waals surface area contributed by atoms with Crippen LogP contribution in [0.1, 0.15) is 5.56 Å². The summed E-state index contributed by atoms with van der Waals surface area (Å²) in [5, 5.41) is 0.